The highest BCUT2D eigenvalue weighted by atomic mass is 35.5. The molecule has 2 heterocycles. The van der Waals surface area contributed by atoms with Crippen LogP contribution in [0.2, 0.25) is 5.02 Å². The van der Waals surface area contributed by atoms with Gasteiger partial charge in [0, 0.05) is 16.0 Å². The van der Waals surface area contributed by atoms with E-state index in [0.29, 0.717) is 10.9 Å². The first-order valence-corrected chi connectivity index (χ1v) is 9.32. The van der Waals surface area contributed by atoms with E-state index in [1.807, 2.05) is 44.2 Å². The average Bonchev–Trinajstić information content (AvgIpc) is 3.12. The molecule has 0 amide bonds. The number of rotatable bonds is 4. The third kappa shape index (κ3) is 3.10. The Labute approximate surface area is 166 Å². The summed E-state index contributed by atoms with van der Waals surface area (Å²) in [4.78, 5) is 13.3. The van der Waals surface area contributed by atoms with Gasteiger partial charge in [-0.05, 0) is 30.2 Å². The molecule has 0 aliphatic heterocycles. The molecule has 4 aromatic rings. The molecule has 0 aliphatic carbocycles. The lowest BCUT2D eigenvalue weighted by atomic mass is 10.1. The number of halogens is 2. The van der Waals surface area contributed by atoms with Crippen molar-refractivity contribution >= 4 is 22.5 Å². The van der Waals surface area contributed by atoms with Gasteiger partial charge < -0.3 is 0 Å². The van der Waals surface area contributed by atoms with Gasteiger partial charge in [-0.1, -0.05) is 49.7 Å². The van der Waals surface area contributed by atoms with Gasteiger partial charge in [-0.2, -0.15) is 10.2 Å². The minimum absolute atomic E-state index is 0.0545. The molecule has 28 heavy (non-hydrogen) atoms. The highest BCUT2D eigenvalue weighted by Gasteiger charge is 2.20. The SMILES string of the molecule is CC(C)c1nn(Cc2c(F)cccc2Cl)c(=O)c2c1cnn2-c1ccccc1. The van der Waals surface area contributed by atoms with Crippen LogP contribution in [0.3, 0.4) is 0 Å². The zero-order valence-corrected chi connectivity index (χ0v) is 16.2. The predicted molar refractivity (Wildman–Crippen MR) is 108 cm³/mol. The van der Waals surface area contributed by atoms with Gasteiger partial charge in [-0.15, -0.1) is 0 Å². The maximum atomic E-state index is 14.3. The first-order valence-electron chi connectivity index (χ1n) is 8.94. The van der Waals surface area contributed by atoms with Crippen LogP contribution in [0.5, 0.6) is 0 Å². The summed E-state index contributed by atoms with van der Waals surface area (Å²) in [6, 6.07) is 13.9. The van der Waals surface area contributed by atoms with E-state index < -0.39 is 5.82 Å². The van der Waals surface area contributed by atoms with Gasteiger partial charge in [-0.25, -0.2) is 13.8 Å². The lowest BCUT2D eigenvalue weighted by molar-refractivity contribution is 0.564. The van der Waals surface area contributed by atoms with Crippen molar-refractivity contribution in [2.75, 3.05) is 0 Å². The molecule has 0 radical (unpaired) electrons. The van der Waals surface area contributed by atoms with Gasteiger partial charge in [0.1, 0.15) is 11.3 Å². The van der Waals surface area contributed by atoms with Crippen LogP contribution in [0.1, 0.15) is 31.0 Å². The Morgan fingerprint density at radius 1 is 1.11 bits per heavy atom. The third-order valence-corrected chi connectivity index (χ3v) is 4.98. The van der Waals surface area contributed by atoms with Gasteiger partial charge in [0.2, 0.25) is 0 Å². The Bertz CT molecular complexity index is 1190. The van der Waals surface area contributed by atoms with Gasteiger partial charge in [0.25, 0.3) is 5.56 Å². The molecule has 142 valence electrons. The number of nitrogens with zero attached hydrogens (tertiary/aromatic N) is 4. The van der Waals surface area contributed by atoms with Crippen LogP contribution in [0.25, 0.3) is 16.6 Å². The van der Waals surface area contributed by atoms with Gasteiger partial charge in [0.15, 0.2) is 0 Å². The summed E-state index contributed by atoms with van der Waals surface area (Å²) in [7, 11) is 0. The molecule has 0 saturated carbocycles. The first kappa shape index (κ1) is 18.4. The first-order chi connectivity index (χ1) is 13.5. The zero-order chi connectivity index (χ0) is 19.8. The van der Waals surface area contributed by atoms with E-state index in [-0.39, 0.29) is 28.6 Å². The topological polar surface area (TPSA) is 52.7 Å². The zero-order valence-electron chi connectivity index (χ0n) is 15.4. The summed E-state index contributed by atoms with van der Waals surface area (Å²) in [5, 5.41) is 9.88. The number of hydrogen-bond donors (Lipinski definition) is 0. The van der Waals surface area contributed by atoms with Crippen LogP contribution >= 0.6 is 11.6 Å². The standard InChI is InChI=1S/C21H18ClFN4O/c1-13(2)19-15-11-24-27(14-7-4-3-5-8-14)20(15)21(28)26(25-19)12-16-17(22)9-6-10-18(16)23/h3-11,13H,12H2,1-2H3. The van der Waals surface area contributed by atoms with E-state index in [2.05, 4.69) is 10.2 Å². The summed E-state index contributed by atoms with van der Waals surface area (Å²) in [6.07, 6.45) is 1.66. The molecule has 5 nitrogen and oxygen atoms in total. The van der Waals surface area contributed by atoms with Crippen molar-refractivity contribution in [3.05, 3.63) is 87.2 Å². The maximum Gasteiger partial charge on any atom is 0.293 e. The highest BCUT2D eigenvalue weighted by Crippen LogP contribution is 2.24. The molecule has 2 aromatic carbocycles. The molecule has 0 aliphatic rings. The molecule has 0 fully saturated rings. The van der Waals surface area contributed by atoms with Gasteiger partial charge in [-0.3, -0.25) is 4.79 Å². The number of hydrogen-bond acceptors (Lipinski definition) is 3. The van der Waals surface area contributed by atoms with Crippen molar-refractivity contribution < 1.29 is 4.39 Å². The Balaban J connectivity index is 1.98. The highest BCUT2D eigenvalue weighted by molar-refractivity contribution is 6.31. The number of fused-ring (bicyclic) bond motifs is 1. The fourth-order valence-corrected chi connectivity index (χ4v) is 3.45. The molecule has 0 atom stereocenters. The lowest BCUT2D eigenvalue weighted by Gasteiger charge is -2.13. The van der Waals surface area contributed by atoms with E-state index in [0.717, 1.165) is 11.4 Å². The minimum Gasteiger partial charge on any atom is -0.265 e. The van der Waals surface area contributed by atoms with E-state index in [1.54, 1.807) is 16.9 Å². The molecule has 4 rings (SSSR count). The van der Waals surface area contributed by atoms with E-state index in [1.165, 1.54) is 16.8 Å². The molecular weight excluding hydrogens is 379 g/mol. The quantitative estimate of drug-likeness (QED) is 0.508. The van der Waals surface area contributed by atoms with E-state index in [9.17, 15) is 9.18 Å². The smallest absolute Gasteiger partial charge is 0.265 e. The van der Waals surface area contributed by atoms with Crippen LogP contribution in [-0.4, -0.2) is 19.6 Å². The Hall–Kier alpha value is -2.99. The van der Waals surface area contributed by atoms with Gasteiger partial charge in [0.05, 0.1) is 24.1 Å². The third-order valence-electron chi connectivity index (χ3n) is 4.63. The van der Waals surface area contributed by atoms with Crippen molar-refractivity contribution in [3.8, 4) is 5.69 Å². The van der Waals surface area contributed by atoms with Gasteiger partial charge >= 0.3 is 0 Å². The Morgan fingerprint density at radius 3 is 2.54 bits per heavy atom. The fraction of sp³-hybridized carbons (Fsp3) is 0.190. The maximum absolute atomic E-state index is 14.3. The van der Waals surface area contributed by atoms with Crippen molar-refractivity contribution in [2.24, 2.45) is 0 Å². The summed E-state index contributed by atoms with van der Waals surface area (Å²) in [5.41, 5.74) is 1.80. The molecule has 2 aromatic heterocycles. The second-order valence-corrected chi connectivity index (χ2v) is 7.26. The Morgan fingerprint density at radius 2 is 1.86 bits per heavy atom. The summed E-state index contributed by atoms with van der Waals surface area (Å²) in [6.45, 7) is 3.93. The lowest BCUT2D eigenvalue weighted by Crippen LogP contribution is -2.27. The molecule has 0 N–H and O–H groups in total. The van der Waals surface area contributed by atoms with Crippen molar-refractivity contribution in [2.45, 2.75) is 26.3 Å². The minimum atomic E-state index is -0.469. The second-order valence-electron chi connectivity index (χ2n) is 6.86. The van der Waals surface area contributed by atoms with Crippen molar-refractivity contribution in [1.29, 1.82) is 0 Å². The fourth-order valence-electron chi connectivity index (χ4n) is 3.23. The van der Waals surface area contributed by atoms with Crippen LogP contribution < -0.4 is 5.56 Å². The normalized spacial score (nSPS) is 11.5. The average molecular weight is 397 g/mol. The number of benzene rings is 2. The number of para-hydroxylation sites is 1. The van der Waals surface area contributed by atoms with E-state index >= 15 is 0 Å². The van der Waals surface area contributed by atoms with Crippen molar-refractivity contribution in [1.82, 2.24) is 19.6 Å². The molecule has 0 spiro atoms. The summed E-state index contributed by atoms with van der Waals surface area (Å²) < 4.78 is 17.1. The van der Waals surface area contributed by atoms with E-state index in [4.69, 9.17) is 11.6 Å². The van der Waals surface area contributed by atoms with Crippen molar-refractivity contribution in [3.63, 3.8) is 0 Å². The molecule has 0 unspecified atom stereocenters. The van der Waals surface area contributed by atoms with Crippen LogP contribution in [0, 0.1) is 5.82 Å². The number of aromatic nitrogens is 4. The van der Waals surface area contributed by atoms with Crippen LogP contribution in [0.4, 0.5) is 4.39 Å². The largest absolute Gasteiger partial charge is 0.293 e. The second kappa shape index (κ2) is 7.20. The molecule has 0 bridgehead atoms. The molecular formula is C21H18ClFN4O. The molecule has 0 saturated heterocycles. The summed E-state index contributed by atoms with van der Waals surface area (Å²) >= 11 is 6.16. The Kier molecular flexibility index (Phi) is 4.73. The summed E-state index contributed by atoms with van der Waals surface area (Å²) in [5.74, 6) is -0.414. The molecule has 7 heteroatoms. The van der Waals surface area contributed by atoms with Crippen LogP contribution in [-0.2, 0) is 6.54 Å². The monoisotopic (exact) mass is 396 g/mol. The predicted octanol–water partition coefficient (Wildman–Crippen LogP) is 4.55. The van der Waals surface area contributed by atoms with Crippen LogP contribution in [0.15, 0.2) is 59.5 Å².